The largest absolute Gasteiger partial charge is 0.456 e. The minimum Gasteiger partial charge on any atom is -0.456 e. The molecule has 0 aliphatic heterocycles. The lowest BCUT2D eigenvalue weighted by Gasteiger charge is -2.18. The molecule has 0 spiro atoms. The highest BCUT2D eigenvalue weighted by molar-refractivity contribution is 7.25. The molecule has 54 heavy (non-hydrogen) atoms. The number of para-hydroxylation sites is 1. The fourth-order valence-corrected chi connectivity index (χ4v) is 10.2. The van der Waals surface area contributed by atoms with Crippen LogP contribution in [0.1, 0.15) is 0 Å². The molecule has 0 N–H and O–H groups in total. The zero-order valence-corrected chi connectivity index (χ0v) is 30.0. The van der Waals surface area contributed by atoms with Gasteiger partial charge in [0.1, 0.15) is 11.2 Å². The number of furan rings is 1. The van der Waals surface area contributed by atoms with Gasteiger partial charge in [0.05, 0.1) is 0 Å². The molecule has 12 aromatic rings. The Morgan fingerprint density at radius 2 is 0.852 bits per heavy atom. The van der Waals surface area contributed by atoms with Crippen molar-refractivity contribution in [2.24, 2.45) is 0 Å². The molecule has 0 saturated heterocycles. The molecule has 2 heterocycles. The summed E-state index contributed by atoms with van der Waals surface area (Å²) >= 11 is 1.88. The number of hydrogen-bond donors (Lipinski definition) is 0. The van der Waals surface area contributed by atoms with Crippen molar-refractivity contribution in [1.29, 1.82) is 0 Å². The summed E-state index contributed by atoms with van der Waals surface area (Å²) in [6.45, 7) is 0. The second-order valence-corrected chi connectivity index (χ2v) is 15.4. The highest BCUT2D eigenvalue weighted by Gasteiger charge is 2.19. The monoisotopic (exact) mass is 702 g/mol. The second kappa shape index (κ2) is 11.4. The van der Waals surface area contributed by atoms with Crippen LogP contribution < -0.4 is 0 Å². The SMILES string of the molecule is c1cc(-c2ccc3c(c2)sc2cc(-c4c5ccccc5c(-c5cccc6ccccc56)c5ccccc45)ccc23)c2cc3oc4ccccc4c3cc2c1. The minimum absolute atomic E-state index is 0.928. The van der Waals surface area contributed by atoms with Crippen LogP contribution in [-0.2, 0) is 0 Å². The molecule has 2 heteroatoms. The predicted octanol–water partition coefficient (Wildman–Crippen LogP) is 15.6. The Hall–Kier alpha value is -6.74. The van der Waals surface area contributed by atoms with Gasteiger partial charge in [0.15, 0.2) is 0 Å². The Morgan fingerprint density at radius 3 is 1.59 bits per heavy atom. The Morgan fingerprint density at radius 1 is 0.296 bits per heavy atom. The average molecular weight is 703 g/mol. The van der Waals surface area contributed by atoms with Crippen molar-refractivity contribution in [2.45, 2.75) is 0 Å². The molecule has 0 aliphatic rings. The first-order valence-corrected chi connectivity index (χ1v) is 19.3. The fraction of sp³-hybridized carbons (Fsp3) is 0. The van der Waals surface area contributed by atoms with Crippen LogP contribution >= 0.6 is 11.3 Å². The van der Waals surface area contributed by atoms with Gasteiger partial charge in [-0.1, -0.05) is 152 Å². The maximum Gasteiger partial charge on any atom is 0.136 e. The molecule has 0 atom stereocenters. The quantitative estimate of drug-likeness (QED) is 0.167. The normalized spacial score (nSPS) is 12.1. The number of hydrogen-bond acceptors (Lipinski definition) is 2. The Kier molecular flexibility index (Phi) is 6.28. The van der Waals surface area contributed by atoms with Gasteiger partial charge >= 0.3 is 0 Å². The lowest BCUT2D eigenvalue weighted by Crippen LogP contribution is -1.91. The predicted molar refractivity (Wildman–Crippen MR) is 233 cm³/mol. The van der Waals surface area contributed by atoms with Gasteiger partial charge < -0.3 is 4.42 Å². The van der Waals surface area contributed by atoms with Crippen LogP contribution in [0.15, 0.2) is 186 Å². The summed E-state index contributed by atoms with van der Waals surface area (Å²) in [7, 11) is 0. The molecule has 2 aromatic heterocycles. The van der Waals surface area contributed by atoms with Crippen LogP contribution in [-0.4, -0.2) is 0 Å². The number of thiophene rings is 1. The van der Waals surface area contributed by atoms with Crippen LogP contribution in [0.5, 0.6) is 0 Å². The Balaban J connectivity index is 1.04. The highest BCUT2D eigenvalue weighted by Crippen LogP contribution is 2.47. The van der Waals surface area contributed by atoms with E-state index in [0.29, 0.717) is 0 Å². The third kappa shape index (κ3) is 4.32. The Bertz CT molecular complexity index is 3450. The molecule has 0 bridgehead atoms. The first-order chi connectivity index (χ1) is 26.8. The first-order valence-electron chi connectivity index (χ1n) is 18.5. The summed E-state index contributed by atoms with van der Waals surface area (Å²) in [5.74, 6) is 0. The lowest BCUT2D eigenvalue weighted by molar-refractivity contribution is 0.669. The van der Waals surface area contributed by atoms with Gasteiger partial charge in [0, 0.05) is 30.9 Å². The molecule has 0 amide bonds. The summed E-state index contributed by atoms with van der Waals surface area (Å²) in [6, 6.07) is 66.8. The van der Waals surface area contributed by atoms with E-state index in [1.807, 2.05) is 23.5 Å². The van der Waals surface area contributed by atoms with Crippen LogP contribution in [0.4, 0.5) is 0 Å². The van der Waals surface area contributed by atoms with E-state index in [4.69, 9.17) is 4.42 Å². The summed E-state index contributed by atoms with van der Waals surface area (Å²) in [5, 5.41) is 15.0. The second-order valence-electron chi connectivity index (χ2n) is 14.4. The van der Waals surface area contributed by atoms with E-state index in [0.717, 1.165) is 21.9 Å². The van der Waals surface area contributed by atoms with Gasteiger partial charge in [-0.15, -0.1) is 11.3 Å². The zero-order valence-electron chi connectivity index (χ0n) is 29.1. The van der Waals surface area contributed by atoms with Crippen LogP contribution in [0.25, 0.3) is 119 Å². The Labute approximate surface area is 314 Å². The van der Waals surface area contributed by atoms with Crippen molar-refractivity contribution in [2.75, 3.05) is 0 Å². The summed E-state index contributed by atoms with van der Waals surface area (Å²) in [5.41, 5.74) is 9.40. The molecule has 0 aliphatic carbocycles. The van der Waals surface area contributed by atoms with E-state index < -0.39 is 0 Å². The summed E-state index contributed by atoms with van der Waals surface area (Å²) in [6.07, 6.45) is 0. The van der Waals surface area contributed by atoms with Crippen LogP contribution in [0, 0.1) is 0 Å². The molecule has 0 radical (unpaired) electrons. The maximum absolute atomic E-state index is 6.31. The molecule has 250 valence electrons. The highest BCUT2D eigenvalue weighted by atomic mass is 32.1. The van der Waals surface area contributed by atoms with Gasteiger partial charge in [-0.3, -0.25) is 0 Å². The van der Waals surface area contributed by atoms with Crippen LogP contribution in [0.2, 0.25) is 0 Å². The molecular formula is C52H30OS. The molecule has 0 fully saturated rings. The van der Waals surface area contributed by atoms with Crippen molar-refractivity contribution in [3.8, 4) is 33.4 Å². The lowest BCUT2D eigenvalue weighted by atomic mass is 9.84. The van der Waals surface area contributed by atoms with Crippen molar-refractivity contribution in [3.63, 3.8) is 0 Å². The summed E-state index contributed by atoms with van der Waals surface area (Å²) < 4.78 is 8.90. The van der Waals surface area contributed by atoms with E-state index in [9.17, 15) is 0 Å². The molecule has 0 unspecified atom stereocenters. The third-order valence-electron chi connectivity index (χ3n) is 11.4. The maximum atomic E-state index is 6.31. The molecule has 0 saturated carbocycles. The van der Waals surface area contributed by atoms with Gasteiger partial charge in [0.25, 0.3) is 0 Å². The summed E-state index contributed by atoms with van der Waals surface area (Å²) in [4.78, 5) is 0. The first kappa shape index (κ1) is 29.8. The van der Waals surface area contributed by atoms with E-state index in [-0.39, 0.29) is 0 Å². The number of rotatable bonds is 3. The smallest absolute Gasteiger partial charge is 0.136 e. The molecule has 12 rings (SSSR count). The van der Waals surface area contributed by atoms with Gasteiger partial charge in [-0.05, 0) is 107 Å². The third-order valence-corrected chi connectivity index (χ3v) is 12.6. The van der Waals surface area contributed by atoms with Gasteiger partial charge in [-0.25, -0.2) is 0 Å². The van der Waals surface area contributed by atoms with Crippen molar-refractivity contribution in [1.82, 2.24) is 0 Å². The van der Waals surface area contributed by atoms with E-state index >= 15 is 0 Å². The average Bonchev–Trinajstić information content (AvgIpc) is 3.78. The minimum atomic E-state index is 0.928. The van der Waals surface area contributed by atoms with Crippen molar-refractivity contribution < 1.29 is 4.42 Å². The molecule has 10 aromatic carbocycles. The molecule has 1 nitrogen and oxygen atoms in total. The fourth-order valence-electron chi connectivity index (χ4n) is 9.02. The van der Waals surface area contributed by atoms with Gasteiger partial charge in [-0.2, -0.15) is 0 Å². The van der Waals surface area contributed by atoms with Crippen LogP contribution in [0.3, 0.4) is 0 Å². The van der Waals surface area contributed by atoms with Crippen molar-refractivity contribution >= 4 is 96.5 Å². The van der Waals surface area contributed by atoms with E-state index in [2.05, 4.69) is 170 Å². The van der Waals surface area contributed by atoms with E-state index in [1.165, 1.54) is 96.6 Å². The standard InChI is InChI=1S/C52H30OS/c1-2-14-35-31(11-1)12-9-21-40(35)52-43-18-5-3-16-41(43)51(42-17-4-6-19-44(42)52)34-24-26-39-38-25-23-33(28-49(38)54-50(39)29-34)36-20-10-13-32-27-46-37-15-7-8-22-47(37)53-48(46)30-45(32)36/h1-30H. The molecular weight excluding hydrogens is 673 g/mol. The topological polar surface area (TPSA) is 13.1 Å². The van der Waals surface area contributed by atoms with Crippen molar-refractivity contribution in [3.05, 3.63) is 182 Å². The zero-order chi connectivity index (χ0) is 35.3. The van der Waals surface area contributed by atoms with E-state index in [1.54, 1.807) is 0 Å². The number of fused-ring (bicyclic) bond motifs is 10. The van der Waals surface area contributed by atoms with Gasteiger partial charge in [0.2, 0.25) is 0 Å². The number of benzene rings is 10.